The second kappa shape index (κ2) is 6.86. The second-order valence-corrected chi connectivity index (χ2v) is 6.87. The van der Waals surface area contributed by atoms with Gasteiger partial charge in [-0.1, -0.05) is 23.7 Å². The summed E-state index contributed by atoms with van der Waals surface area (Å²) >= 11 is 7.52. The first kappa shape index (κ1) is 16.7. The van der Waals surface area contributed by atoms with Gasteiger partial charge in [-0.25, -0.2) is 14.3 Å². The summed E-state index contributed by atoms with van der Waals surface area (Å²) in [5.74, 6) is 0.451. The number of aromatic nitrogens is 4. The summed E-state index contributed by atoms with van der Waals surface area (Å²) in [6.45, 7) is 1.89. The van der Waals surface area contributed by atoms with E-state index in [1.54, 1.807) is 18.5 Å². The normalized spacial score (nSPS) is 12.2. The largest absolute Gasteiger partial charge is 0.347 e. The number of nitrogens with zero attached hydrogens (tertiary/aromatic N) is 3. The Balaban J connectivity index is 1.66. The van der Waals surface area contributed by atoms with Gasteiger partial charge in [0.15, 0.2) is 0 Å². The van der Waals surface area contributed by atoms with Crippen molar-refractivity contribution in [3.63, 3.8) is 0 Å². The molecule has 0 unspecified atom stereocenters. The quantitative estimate of drug-likeness (QED) is 0.549. The smallest absolute Gasteiger partial charge is 0.253 e. The molecule has 3 aromatic heterocycles. The zero-order valence-corrected chi connectivity index (χ0v) is 15.3. The maximum atomic E-state index is 12.5. The van der Waals surface area contributed by atoms with Gasteiger partial charge < -0.3 is 10.3 Å². The molecule has 0 saturated carbocycles. The Morgan fingerprint density at radius 3 is 3.00 bits per heavy atom. The number of halogens is 1. The molecule has 0 aliphatic heterocycles. The van der Waals surface area contributed by atoms with Crippen LogP contribution < -0.4 is 10.9 Å². The molecule has 0 fully saturated rings. The van der Waals surface area contributed by atoms with Gasteiger partial charge in [0, 0.05) is 28.1 Å². The van der Waals surface area contributed by atoms with Gasteiger partial charge in [-0.15, -0.1) is 0 Å². The highest BCUT2D eigenvalue weighted by Gasteiger charge is 2.14. The van der Waals surface area contributed by atoms with Crippen LogP contribution in [0.3, 0.4) is 0 Å². The molecule has 0 amide bonds. The van der Waals surface area contributed by atoms with Crippen LogP contribution in [0.25, 0.3) is 22.2 Å². The lowest BCUT2D eigenvalue weighted by molar-refractivity contribution is 0.845. The molecule has 0 radical (unpaired) electrons. The van der Waals surface area contributed by atoms with Crippen LogP contribution in [0.2, 0.25) is 5.02 Å². The number of H-pyrrole nitrogens is 1. The monoisotopic (exact) mass is 383 g/mol. The Labute approximate surface area is 158 Å². The van der Waals surface area contributed by atoms with E-state index in [1.807, 2.05) is 36.6 Å². The fourth-order valence-electron chi connectivity index (χ4n) is 2.73. The van der Waals surface area contributed by atoms with Gasteiger partial charge in [0.1, 0.15) is 0 Å². The predicted molar refractivity (Wildman–Crippen MR) is 105 cm³/mol. The van der Waals surface area contributed by atoms with E-state index in [0.29, 0.717) is 22.1 Å². The Kier molecular flexibility index (Phi) is 4.40. The number of anilines is 1. The van der Waals surface area contributed by atoms with Crippen molar-refractivity contribution < 1.29 is 0 Å². The molecular formula is C18H14ClN5OS. The molecule has 6 nitrogen and oxygen atoms in total. The van der Waals surface area contributed by atoms with Gasteiger partial charge in [-0.05, 0) is 36.7 Å². The van der Waals surface area contributed by atoms with E-state index >= 15 is 0 Å². The van der Waals surface area contributed by atoms with Crippen molar-refractivity contribution in [3.8, 4) is 11.3 Å². The minimum atomic E-state index is -0.280. The van der Waals surface area contributed by atoms with Crippen molar-refractivity contribution in [1.82, 2.24) is 19.3 Å². The maximum Gasteiger partial charge on any atom is 0.253 e. The Hall–Kier alpha value is -2.77. The first-order valence-corrected chi connectivity index (χ1v) is 9.14. The minimum absolute atomic E-state index is 0.191. The van der Waals surface area contributed by atoms with Crippen molar-refractivity contribution in [2.24, 2.45) is 0 Å². The van der Waals surface area contributed by atoms with Gasteiger partial charge in [0.25, 0.3) is 5.56 Å². The summed E-state index contributed by atoms with van der Waals surface area (Å²) in [6.07, 6.45) is 3.44. The molecule has 1 aromatic carbocycles. The Bertz CT molecular complexity index is 1130. The Morgan fingerprint density at radius 2 is 2.19 bits per heavy atom. The summed E-state index contributed by atoms with van der Waals surface area (Å²) < 4.78 is 4.09. The predicted octanol–water partition coefficient (Wildman–Crippen LogP) is 4.27. The van der Waals surface area contributed by atoms with Crippen molar-refractivity contribution in [2.75, 3.05) is 5.32 Å². The van der Waals surface area contributed by atoms with Crippen LogP contribution in [0.1, 0.15) is 18.5 Å². The molecule has 0 spiro atoms. The zero-order chi connectivity index (χ0) is 18.1. The number of rotatable bonds is 4. The highest BCUT2D eigenvalue weighted by Crippen LogP contribution is 2.24. The summed E-state index contributed by atoms with van der Waals surface area (Å²) in [6, 6.07) is 8.90. The van der Waals surface area contributed by atoms with Gasteiger partial charge in [0.05, 0.1) is 28.5 Å². The van der Waals surface area contributed by atoms with Crippen molar-refractivity contribution in [3.05, 3.63) is 69.0 Å². The molecule has 8 heteroatoms. The third-order valence-corrected chi connectivity index (χ3v) is 4.95. The van der Waals surface area contributed by atoms with Crippen molar-refractivity contribution >= 4 is 40.0 Å². The van der Waals surface area contributed by atoms with Gasteiger partial charge in [-0.3, -0.25) is 4.79 Å². The minimum Gasteiger partial charge on any atom is -0.347 e. The lowest BCUT2D eigenvalue weighted by atomic mass is 10.1. The number of hydrogen-bond donors (Lipinski definition) is 2. The number of nitrogens with one attached hydrogen (secondary N) is 2. The molecule has 4 rings (SSSR count). The van der Waals surface area contributed by atoms with E-state index < -0.39 is 0 Å². The molecule has 3 heterocycles. The lowest BCUT2D eigenvalue weighted by Gasteiger charge is -2.14. The fourth-order valence-corrected chi connectivity index (χ4v) is 3.48. The van der Waals surface area contributed by atoms with Crippen LogP contribution >= 0.6 is 23.1 Å². The number of aromatic amines is 1. The van der Waals surface area contributed by atoms with Gasteiger partial charge >= 0.3 is 0 Å². The van der Waals surface area contributed by atoms with Crippen LogP contribution in [-0.2, 0) is 0 Å². The number of fused-ring (bicyclic) bond motifs is 1. The molecule has 1 atom stereocenters. The van der Waals surface area contributed by atoms with Crippen LogP contribution in [0, 0.1) is 0 Å². The summed E-state index contributed by atoms with van der Waals surface area (Å²) in [5.41, 5.74) is 2.75. The SMILES string of the molecule is C[C@H](Nc1nccc(-c2cnsc2)n1)c1cc2cccc(Cl)c2[nH]c1=O. The highest BCUT2D eigenvalue weighted by molar-refractivity contribution is 7.03. The van der Waals surface area contributed by atoms with Crippen LogP contribution in [0.4, 0.5) is 5.95 Å². The molecule has 0 saturated heterocycles. The number of hydrogen-bond acceptors (Lipinski definition) is 6. The summed E-state index contributed by atoms with van der Waals surface area (Å²) in [4.78, 5) is 24.1. The van der Waals surface area contributed by atoms with Crippen LogP contribution in [0.15, 0.2) is 52.9 Å². The average molecular weight is 384 g/mol. The number of benzene rings is 1. The van der Waals surface area contributed by atoms with Gasteiger partial charge in [0.2, 0.25) is 5.95 Å². The third-order valence-electron chi connectivity index (χ3n) is 4.05. The average Bonchev–Trinajstić information content (AvgIpc) is 3.17. The second-order valence-electron chi connectivity index (χ2n) is 5.80. The molecule has 0 aliphatic carbocycles. The van der Waals surface area contributed by atoms with E-state index in [4.69, 9.17) is 11.6 Å². The number of pyridine rings is 1. The third kappa shape index (κ3) is 3.18. The highest BCUT2D eigenvalue weighted by atomic mass is 35.5. The van der Waals surface area contributed by atoms with E-state index in [-0.39, 0.29) is 11.6 Å². The maximum absolute atomic E-state index is 12.5. The first-order chi connectivity index (χ1) is 12.6. The molecule has 0 bridgehead atoms. The van der Waals surface area contributed by atoms with E-state index in [2.05, 4.69) is 24.6 Å². The Morgan fingerprint density at radius 1 is 1.31 bits per heavy atom. The van der Waals surface area contributed by atoms with Crippen molar-refractivity contribution in [2.45, 2.75) is 13.0 Å². The number of para-hydroxylation sites is 1. The zero-order valence-electron chi connectivity index (χ0n) is 13.7. The molecular weight excluding hydrogens is 370 g/mol. The molecule has 26 heavy (non-hydrogen) atoms. The van der Waals surface area contributed by atoms with Gasteiger partial charge in [-0.2, -0.15) is 0 Å². The molecule has 2 N–H and O–H groups in total. The first-order valence-electron chi connectivity index (χ1n) is 7.92. The van der Waals surface area contributed by atoms with Crippen LogP contribution in [0.5, 0.6) is 0 Å². The topological polar surface area (TPSA) is 83.6 Å². The summed E-state index contributed by atoms with van der Waals surface area (Å²) in [5, 5.41) is 6.51. The fraction of sp³-hybridized carbons (Fsp3) is 0.111. The molecule has 130 valence electrons. The van der Waals surface area contributed by atoms with Crippen LogP contribution in [-0.4, -0.2) is 19.3 Å². The van der Waals surface area contributed by atoms with E-state index in [1.165, 1.54) is 11.5 Å². The van der Waals surface area contributed by atoms with E-state index in [0.717, 1.165) is 16.6 Å². The molecule has 0 aliphatic rings. The standard InChI is InChI=1S/C18H14ClN5OS/c1-10(13-7-11-3-2-4-14(19)16(11)24-17(13)25)22-18-20-6-5-15(23-18)12-8-21-26-9-12/h2-10H,1H3,(H,24,25)(H,20,22,23)/t10-/m0/s1. The lowest BCUT2D eigenvalue weighted by Crippen LogP contribution is -2.20. The molecule has 4 aromatic rings. The van der Waals surface area contributed by atoms with E-state index in [9.17, 15) is 4.79 Å². The van der Waals surface area contributed by atoms with Crippen molar-refractivity contribution in [1.29, 1.82) is 0 Å². The summed E-state index contributed by atoms with van der Waals surface area (Å²) in [7, 11) is 0.